The third-order valence-corrected chi connectivity index (χ3v) is 3.05. The fraction of sp³-hybridized carbons (Fsp3) is 0.154. The van der Waals surface area contributed by atoms with Crippen LogP contribution < -0.4 is 10.8 Å². The summed E-state index contributed by atoms with van der Waals surface area (Å²) in [7, 11) is 0. The van der Waals surface area contributed by atoms with E-state index in [9.17, 15) is 14.7 Å². The van der Waals surface area contributed by atoms with Crippen molar-refractivity contribution in [3.63, 3.8) is 0 Å². The summed E-state index contributed by atoms with van der Waals surface area (Å²) in [4.78, 5) is 22.6. The number of carbonyl (C=O) groups excluding carboxylic acids is 2. The molecule has 0 unspecified atom stereocenters. The normalized spacial score (nSPS) is 10.4. The van der Waals surface area contributed by atoms with E-state index in [1.54, 1.807) is 6.92 Å². The van der Waals surface area contributed by atoms with Gasteiger partial charge in [-0.2, -0.15) is 5.10 Å². The molecule has 0 aliphatic heterocycles. The number of rotatable bonds is 4. The van der Waals surface area contributed by atoms with Crippen molar-refractivity contribution < 1.29 is 19.4 Å². The van der Waals surface area contributed by atoms with E-state index < -0.39 is 11.9 Å². The van der Waals surface area contributed by atoms with Crippen molar-refractivity contribution in [2.45, 2.75) is 6.92 Å². The first-order valence-corrected chi connectivity index (χ1v) is 6.35. The van der Waals surface area contributed by atoms with Gasteiger partial charge in [-0.05, 0) is 25.1 Å². The highest BCUT2D eigenvalue weighted by Gasteiger charge is 2.17. The lowest BCUT2D eigenvalue weighted by atomic mass is 10.2. The number of esters is 1. The zero-order valence-corrected chi connectivity index (χ0v) is 11.8. The molecular weight excluding hydrogens is 298 g/mol. The van der Waals surface area contributed by atoms with Gasteiger partial charge >= 0.3 is 5.97 Å². The van der Waals surface area contributed by atoms with E-state index >= 15 is 0 Å². The Bertz CT molecular complexity index is 711. The van der Waals surface area contributed by atoms with Crippen molar-refractivity contribution in [3.8, 4) is 5.69 Å². The van der Waals surface area contributed by atoms with Crippen molar-refractivity contribution in [2.24, 2.45) is 0 Å². The van der Waals surface area contributed by atoms with Crippen molar-refractivity contribution in [1.29, 1.82) is 0 Å². The van der Waals surface area contributed by atoms with Crippen LogP contribution in [0.5, 0.6) is 0 Å². The maximum atomic E-state index is 11.7. The predicted octanol–water partition coefficient (Wildman–Crippen LogP) is 0.648. The van der Waals surface area contributed by atoms with Gasteiger partial charge in [0, 0.05) is 10.6 Å². The number of nitrogen functional groups attached to an aromatic ring is 1. The SMILES string of the molecule is CCOC(=O)c1cnn(-c2ccc(Cl)c(C(=O)[O-])c2)c1N. The molecule has 0 saturated carbocycles. The molecule has 0 saturated heterocycles. The monoisotopic (exact) mass is 308 g/mol. The van der Waals surface area contributed by atoms with Gasteiger partial charge in [0.15, 0.2) is 0 Å². The first kappa shape index (κ1) is 14.9. The van der Waals surface area contributed by atoms with Gasteiger partial charge < -0.3 is 20.4 Å². The fourth-order valence-corrected chi connectivity index (χ4v) is 1.93. The second-order valence-corrected chi connectivity index (χ2v) is 4.43. The topological polar surface area (TPSA) is 110 Å². The number of halogens is 1. The summed E-state index contributed by atoms with van der Waals surface area (Å²) in [5.41, 5.74) is 6.08. The van der Waals surface area contributed by atoms with Crippen molar-refractivity contribution >= 4 is 29.4 Å². The number of aromatic nitrogens is 2. The lowest BCUT2D eigenvalue weighted by Gasteiger charge is -2.10. The number of nitrogens with two attached hydrogens (primary N) is 1. The van der Waals surface area contributed by atoms with E-state index in [0.29, 0.717) is 5.69 Å². The van der Waals surface area contributed by atoms with Gasteiger partial charge in [-0.1, -0.05) is 11.6 Å². The highest BCUT2D eigenvalue weighted by Crippen LogP contribution is 2.22. The Kier molecular flexibility index (Phi) is 4.13. The van der Waals surface area contributed by atoms with Gasteiger partial charge in [-0.15, -0.1) is 0 Å². The zero-order chi connectivity index (χ0) is 15.6. The molecule has 110 valence electrons. The number of hydrogen-bond donors (Lipinski definition) is 1. The maximum absolute atomic E-state index is 11.7. The van der Waals surface area contributed by atoms with E-state index in [1.807, 2.05) is 0 Å². The van der Waals surface area contributed by atoms with Gasteiger partial charge in [0.1, 0.15) is 11.4 Å². The van der Waals surface area contributed by atoms with Crippen LogP contribution in [0, 0.1) is 0 Å². The Morgan fingerprint density at radius 1 is 1.43 bits per heavy atom. The van der Waals surface area contributed by atoms with Gasteiger partial charge in [0.2, 0.25) is 0 Å². The van der Waals surface area contributed by atoms with Crippen LogP contribution in [0.25, 0.3) is 5.69 Å². The van der Waals surface area contributed by atoms with Gasteiger partial charge in [-0.3, -0.25) is 0 Å². The highest BCUT2D eigenvalue weighted by molar-refractivity contribution is 6.33. The first-order chi connectivity index (χ1) is 9.95. The molecule has 21 heavy (non-hydrogen) atoms. The number of ether oxygens (including phenoxy) is 1. The Labute approximate surface area is 124 Å². The van der Waals surface area contributed by atoms with E-state index in [-0.39, 0.29) is 28.6 Å². The Hall–Kier alpha value is -2.54. The molecule has 1 aromatic carbocycles. The number of hydrogen-bond acceptors (Lipinski definition) is 6. The second kappa shape index (κ2) is 5.84. The van der Waals surface area contributed by atoms with Crippen LogP contribution in [-0.2, 0) is 4.74 Å². The molecule has 0 atom stereocenters. The average molecular weight is 309 g/mol. The maximum Gasteiger partial charge on any atom is 0.343 e. The Balaban J connectivity index is 2.46. The summed E-state index contributed by atoms with van der Waals surface area (Å²) < 4.78 is 6.06. The number of nitrogens with zero attached hydrogens (tertiary/aromatic N) is 2. The summed E-state index contributed by atoms with van der Waals surface area (Å²) in [5.74, 6) is -1.98. The fourth-order valence-electron chi connectivity index (χ4n) is 1.73. The Morgan fingerprint density at radius 2 is 2.14 bits per heavy atom. The lowest BCUT2D eigenvalue weighted by molar-refractivity contribution is -0.255. The van der Waals surface area contributed by atoms with E-state index in [1.165, 1.54) is 29.1 Å². The zero-order valence-electron chi connectivity index (χ0n) is 11.0. The molecule has 0 radical (unpaired) electrons. The van der Waals surface area contributed by atoms with Crippen LogP contribution >= 0.6 is 11.6 Å². The highest BCUT2D eigenvalue weighted by atomic mass is 35.5. The molecule has 0 aliphatic rings. The molecule has 2 N–H and O–H groups in total. The largest absolute Gasteiger partial charge is 0.545 e. The number of carboxylic acid groups (broad SMARTS) is 1. The lowest BCUT2D eigenvalue weighted by Crippen LogP contribution is -2.23. The number of benzene rings is 1. The van der Waals surface area contributed by atoms with Crippen LogP contribution in [0.4, 0.5) is 5.82 Å². The van der Waals surface area contributed by atoms with E-state index in [2.05, 4.69) is 5.10 Å². The van der Waals surface area contributed by atoms with Crippen LogP contribution in [0.15, 0.2) is 24.4 Å². The number of carboxylic acids is 1. The summed E-state index contributed by atoms with van der Waals surface area (Å²) in [6.07, 6.45) is 1.25. The first-order valence-electron chi connectivity index (χ1n) is 5.97. The molecule has 1 aromatic heterocycles. The quantitative estimate of drug-likeness (QED) is 0.830. The molecule has 2 rings (SSSR count). The van der Waals surface area contributed by atoms with Crippen LogP contribution in [0.2, 0.25) is 5.02 Å². The molecule has 0 fully saturated rings. The molecular formula is C13H11ClN3O4-. The molecule has 0 spiro atoms. The van der Waals surface area contributed by atoms with E-state index in [4.69, 9.17) is 22.1 Å². The van der Waals surface area contributed by atoms with Crippen LogP contribution in [-0.4, -0.2) is 28.3 Å². The van der Waals surface area contributed by atoms with Crippen LogP contribution in [0.3, 0.4) is 0 Å². The summed E-state index contributed by atoms with van der Waals surface area (Å²) in [6.45, 7) is 1.88. The summed E-state index contributed by atoms with van der Waals surface area (Å²) in [6, 6.07) is 4.16. The van der Waals surface area contributed by atoms with Gasteiger partial charge in [0.05, 0.1) is 24.5 Å². The minimum absolute atomic E-state index is 0.0371. The van der Waals surface area contributed by atoms with Gasteiger partial charge in [0.25, 0.3) is 0 Å². The third-order valence-electron chi connectivity index (χ3n) is 2.72. The van der Waals surface area contributed by atoms with Crippen LogP contribution in [0.1, 0.15) is 27.6 Å². The van der Waals surface area contributed by atoms with Crippen molar-refractivity contribution in [3.05, 3.63) is 40.5 Å². The molecule has 2 aromatic rings. The minimum Gasteiger partial charge on any atom is -0.545 e. The number of anilines is 1. The molecule has 0 amide bonds. The molecule has 0 bridgehead atoms. The Morgan fingerprint density at radius 3 is 2.76 bits per heavy atom. The summed E-state index contributed by atoms with van der Waals surface area (Å²) >= 11 is 5.76. The second-order valence-electron chi connectivity index (χ2n) is 4.03. The van der Waals surface area contributed by atoms with Crippen molar-refractivity contribution in [1.82, 2.24) is 9.78 Å². The predicted molar refractivity (Wildman–Crippen MR) is 73.3 cm³/mol. The van der Waals surface area contributed by atoms with Gasteiger partial charge in [-0.25, -0.2) is 9.48 Å². The standard InChI is InChI=1S/C13H12ClN3O4/c1-2-21-13(20)9-6-16-17(11(9)15)7-3-4-10(14)8(5-7)12(18)19/h3-6H,2,15H2,1H3,(H,18,19)/p-1. The van der Waals surface area contributed by atoms with Crippen molar-refractivity contribution in [2.75, 3.05) is 12.3 Å². The molecule has 8 heteroatoms. The molecule has 0 aliphatic carbocycles. The number of carbonyl (C=O) groups is 2. The number of aromatic carboxylic acids is 1. The molecule has 7 nitrogen and oxygen atoms in total. The summed E-state index contributed by atoms with van der Waals surface area (Å²) in [5, 5.41) is 14.9. The van der Waals surface area contributed by atoms with E-state index in [0.717, 1.165) is 0 Å². The third kappa shape index (κ3) is 2.82. The molecule has 1 heterocycles. The minimum atomic E-state index is -1.42. The average Bonchev–Trinajstić information content (AvgIpc) is 2.81. The smallest absolute Gasteiger partial charge is 0.343 e.